The molecule has 10 saturated heterocycles. The third kappa shape index (κ3) is 0.117. The molecule has 11 rings (SSSR count). The van der Waals surface area contributed by atoms with E-state index in [-0.39, 0.29) is 5.97 Å². The third-order valence-corrected chi connectivity index (χ3v) is 59.8. The predicted octanol–water partition coefficient (Wildman–Crippen LogP) is 4.78. The summed E-state index contributed by atoms with van der Waals surface area (Å²) in [6.45, 7) is -2.90. The van der Waals surface area contributed by atoms with Crippen LogP contribution in [0.5, 0.6) is 0 Å². The maximum atomic E-state index is 11.6. The molecular formula is C19H18FeO2. The van der Waals surface area contributed by atoms with Crippen LogP contribution in [-0.4, -0.2) is 13.1 Å². The molecule has 10 aliphatic rings. The molecule has 22 heavy (non-hydrogen) atoms. The Morgan fingerprint density at radius 1 is 1.00 bits per heavy atom. The fraction of sp³-hybridized carbons (Fsp3) is 0.632. The standard InChI is InChI=1S/C14H13O2.C5H5.Fe/c1-16-14(15)13-8-6-12(7-9-13)10-11-4-2-3-5-11;1-2-4-5-3-1;/h2-9H,10H2,1H3;1-5H;. The molecule has 0 saturated carbocycles. The fourth-order valence-corrected chi connectivity index (χ4v) is 93.2. The second-order valence-electron chi connectivity index (χ2n) is 12.2. The number of carbonyl (C=O) groups excluding carboxylic acids is 1. The summed E-state index contributed by atoms with van der Waals surface area (Å²) in [6.07, 6.45) is 1.42. The predicted molar refractivity (Wildman–Crippen MR) is 77.9 cm³/mol. The summed E-state index contributed by atoms with van der Waals surface area (Å²) in [5.41, 5.74) is 2.23. The number of hydrogen-bond acceptors (Lipinski definition) is 2. The van der Waals surface area contributed by atoms with Gasteiger partial charge in [0, 0.05) is 0 Å². The molecule has 0 radical (unpaired) electrons. The summed E-state index contributed by atoms with van der Waals surface area (Å²) in [6, 6.07) is 8.45. The molecule has 0 aromatic heterocycles. The molecule has 0 aliphatic carbocycles. The Kier molecular flexibility index (Phi) is 0.355. The van der Waals surface area contributed by atoms with Gasteiger partial charge in [0.05, 0.1) is 0 Å². The average molecular weight is 334 g/mol. The van der Waals surface area contributed by atoms with Crippen molar-refractivity contribution in [3.05, 3.63) is 35.4 Å². The summed E-state index contributed by atoms with van der Waals surface area (Å²) in [5.74, 6) is -0.204. The topological polar surface area (TPSA) is 26.3 Å². The number of rotatable bonds is 3. The van der Waals surface area contributed by atoms with Gasteiger partial charge in [0.25, 0.3) is 0 Å². The molecule has 2 nitrogen and oxygen atoms in total. The number of fused-ring (bicyclic) bond motifs is 10. The van der Waals surface area contributed by atoms with Crippen LogP contribution >= 0.6 is 0 Å². The van der Waals surface area contributed by atoms with Gasteiger partial charge in [0.1, 0.15) is 0 Å². The zero-order chi connectivity index (χ0) is 14.0. The van der Waals surface area contributed by atoms with Gasteiger partial charge in [-0.3, -0.25) is 0 Å². The third-order valence-electron chi connectivity index (χ3n) is 16.8. The Morgan fingerprint density at radius 2 is 1.55 bits per heavy atom. The quantitative estimate of drug-likeness (QED) is 0.588. The van der Waals surface area contributed by atoms with Crippen molar-refractivity contribution in [3.8, 4) is 0 Å². The number of esters is 1. The summed E-state index contributed by atoms with van der Waals surface area (Å²) < 4.78 is 5.79. The van der Waals surface area contributed by atoms with Crippen molar-refractivity contribution in [1.82, 2.24) is 0 Å². The Bertz CT molecular complexity index is 1200. The number of ether oxygens (including phenoxy) is 1. The molecule has 114 valence electrons. The molecule has 0 amide bonds. The average Bonchev–Trinajstić information content (AvgIpc) is 3.48. The first kappa shape index (κ1) is 8.89. The van der Waals surface area contributed by atoms with E-state index >= 15 is 0 Å². The van der Waals surface area contributed by atoms with Crippen molar-refractivity contribution in [2.45, 2.75) is 54.1 Å². The van der Waals surface area contributed by atoms with Gasteiger partial charge < -0.3 is 0 Å². The van der Waals surface area contributed by atoms with Crippen LogP contribution in [-0.2, 0) is 17.7 Å². The fourth-order valence-electron chi connectivity index (χ4n) is 18.3. The van der Waals surface area contributed by atoms with Gasteiger partial charge in [-0.25, -0.2) is 0 Å². The number of carbonyl (C=O) groups is 1. The van der Waals surface area contributed by atoms with E-state index in [1.54, 1.807) is 0 Å². The molecule has 1 spiro atoms. The van der Waals surface area contributed by atoms with Crippen LogP contribution in [0.4, 0.5) is 0 Å². The molecule has 3 heteroatoms. The van der Waals surface area contributed by atoms with Crippen LogP contribution in [0.2, 0.25) is 47.7 Å². The monoisotopic (exact) mass is 334 g/mol. The van der Waals surface area contributed by atoms with E-state index in [1.807, 2.05) is 12.1 Å². The molecule has 4 atom stereocenters. The molecule has 0 bridgehead atoms. The van der Waals surface area contributed by atoms with Gasteiger partial charge >= 0.3 is 119 Å². The molecule has 10 heterocycles. The number of hydrogen-bond donors (Lipinski definition) is 0. The Balaban J connectivity index is 1.16. The zero-order valence-electron chi connectivity index (χ0n) is 12.4. The van der Waals surface area contributed by atoms with Gasteiger partial charge in [-0.05, 0) is 0 Å². The normalized spacial score (nSPS) is 94.3. The summed E-state index contributed by atoms with van der Waals surface area (Å²) in [4.78, 5) is 24.3. The molecular weight excluding hydrogens is 316 g/mol. The van der Waals surface area contributed by atoms with Gasteiger partial charge in [0.2, 0.25) is 0 Å². The van der Waals surface area contributed by atoms with E-state index in [0.717, 1.165) is 4.31 Å². The van der Waals surface area contributed by atoms with Crippen LogP contribution in [0.1, 0.15) is 15.9 Å². The van der Waals surface area contributed by atoms with Gasteiger partial charge in [0.15, 0.2) is 0 Å². The van der Waals surface area contributed by atoms with Crippen molar-refractivity contribution in [1.29, 1.82) is 0 Å². The van der Waals surface area contributed by atoms with E-state index < -0.39 is 6.51 Å². The van der Waals surface area contributed by atoms with Crippen molar-refractivity contribution >= 4 is 5.97 Å². The van der Waals surface area contributed by atoms with Crippen molar-refractivity contribution in [2.24, 2.45) is 0 Å². The van der Waals surface area contributed by atoms with Crippen LogP contribution in [0.25, 0.3) is 0 Å². The molecule has 4 unspecified atom stereocenters. The first-order chi connectivity index (χ1) is 10.5. The second-order valence-corrected chi connectivity index (χ2v) is 35.9. The molecule has 1 aromatic rings. The van der Waals surface area contributed by atoms with Crippen LogP contribution in [0.3, 0.4) is 0 Å². The van der Waals surface area contributed by atoms with Crippen molar-refractivity contribution in [3.63, 3.8) is 0 Å². The number of methoxy groups -OCH3 is 1. The Labute approximate surface area is 118 Å². The van der Waals surface area contributed by atoms with E-state index in [9.17, 15) is 4.79 Å². The first-order valence-electron chi connectivity index (χ1n) is 8.85. The van der Waals surface area contributed by atoms with E-state index in [2.05, 4.69) is 12.1 Å². The van der Waals surface area contributed by atoms with Crippen molar-refractivity contribution < 1.29 is 16.0 Å². The molecule has 0 N–H and O–H groups in total. The number of benzene rings is 1. The zero-order valence-corrected chi connectivity index (χ0v) is 13.5. The van der Waals surface area contributed by atoms with Crippen molar-refractivity contribution in [2.75, 3.05) is 7.11 Å². The summed E-state index contributed by atoms with van der Waals surface area (Å²) >= 11 is 0. The molecule has 1 aromatic carbocycles. The second kappa shape index (κ2) is 0.877. The Hall–Kier alpha value is -0.791. The van der Waals surface area contributed by atoms with Crippen LogP contribution in [0.15, 0.2) is 24.3 Å². The maximum absolute atomic E-state index is 11.6. The van der Waals surface area contributed by atoms with Gasteiger partial charge in [-0.2, -0.15) is 0 Å². The molecule has 10 fully saturated rings. The van der Waals surface area contributed by atoms with Crippen LogP contribution in [0, 0.1) is 0 Å². The summed E-state index contributed by atoms with van der Waals surface area (Å²) in [7, 11) is 1.46. The van der Waals surface area contributed by atoms with Gasteiger partial charge in [-0.1, -0.05) is 0 Å². The van der Waals surface area contributed by atoms with E-state index in [4.69, 9.17) is 4.74 Å². The van der Waals surface area contributed by atoms with E-state index in [1.165, 1.54) is 62.4 Å². The first-order valence-corrected chi connectivity index (χ1v) is 15.1. The van der Waals surface area contributed by atoms with Gasteiger partial charge in [-0.15, -0.1) is 0 Å². The summed E-state index contributed by atoms with van der Waals surface area (Å²) in [5, 5.41) is 0. The Morgan fingerprint density at radius 3 is 1.91 bits per heavy atom. The SMILES string of the molecule is COC(=O)c1ccc(C[C]23[CH]4[CH]5[CH]6[CH]2[Fe]56432789[CH]3[CH]2[CH]7[CH]8[CH]39)cc1. The van der Waals surface area contributed by atoms with Crippen LogP contribution < -0.4 is 0 Å². The minimum atomic E-state index is -2.90. The minimum absolute atomic E-state index is 0.204. The van der Waals surface area contributed by atoms with E-state index in [0.29, 0.717) is 5.56 Å². The molecule has 10 aliphatic heterocycles.